The minimum atomic E-state index is -0.918. The number of halogens is 3. The van der Waals surface area contributed by atoms with E-state index in [1.807, 2.05) is 24.3 Å². The Hall–Kier alpha value is -1.62. The third kappa shape index (κ3) is 3.02. The molecule has 2 aliphatic rings. The molecule has 0 radical (unpaired) electrons. The lowest BCUT2D eigenvalue weighted by Crippen LogP contribution is -2.49. The maximum atomic E-state index is 14.5. The molecule has 1 amide bonds. The number of benzene rings is 2. The van der Waals surface area contributed by atoms with Crippen molar-refractivity contribution in [1.82, 2.24) is 5.32 Å². The van der Waals surface area contributed by atoms with Gasteiger partial charge in [-0.3, -0.25) is 4.79 Å². The first-order valence-corrected chi connectivity index (χ1v) is 10.2. The highest BCUT2D eigenvalue weighted by Crippen LogP contribution is 2.54. The van der Waals surface area contributed by atoms with Crippen molar-refractivity contribution in [3.63, 3.8) is 0 Å². The average Bonchev–Trinajstić information content (AvgIpc) is 3.08. The zero-order valence-electron chi connectivity index (χ0n) is 16.1. The van der Waals surface area contributed by atoms with Gasteiger partial charge in [0, 0.05) is 29.2 Å². The summed E-state index contributed by atoms with van der Waals surface area (Å²) in [5.41, 5.74) is 1.30. The van der Waals surface area contributed by atoms with Crippen LogP contribution in [0.4, 0.5) is 10.1 Å². The van der Waals surface area contributed by atoms with Crippen molar-refractivity contribution in [3.8, 4) is 0 Å². The second kappa shape index (κ2) is 6.72. The third-order valence-electron chi connectivity index (χ3n) is 5.87. The number of carbonyl (C=O) groups is 1. The van der Waals surface area contributed by atoms with Gasteiger partial charge in [0.05, 0.1) is 10.4 Å². The molecule has 2 N–H and O–H groups in total. The lowest BCUT2D eigenvalue weighted by molar-refractivity contribution is -0.121. The number of fused-ring (bicyclic) bond motifs is 2. The first-order chi connectivity index (χ1) is 13.1. The molecule has 1 saturated heterocycles. The molecular weight excluding hydrogens is 398 g/mol. The molecule has 28 heavy (non-hydrogen) atoms. The number of nitrogens with one attached hydrogen (secondary N) is 2. The molecule has 1 spiro atoms. The second-order valence-corrected chi connectivity index (χ2v) is 9.81. The zero-order chi connectivity index (χ0) is 20.3. The van der Waals surface area contributed by atoms with Gasteiger partial charge in [0.1, 0.15) is 5.82 Å². The highest BCUT2D eigenvalue weighted by atomic mass is 35.5. The number of hydrogen-bond donors (Lipinski definition) is 2. The van der Waals surface area contributed by atoms with Gasteiger partial charge in [0.2, 0.25) is 5.91 Å². The lowest BCUT2D eigenvalue weighted by Gasteiger charge is -2.37. The van der Waals surface area contributed by atoms with E-state index in [-0.39, 0.29) is 28.3 Å². The van der Waals surface area contributed by atoms with Gasteiger partial charge in [-0.2, -0.15) is 0 Å². The SMILES string of the molecule is CC(C)(C)C[C@H]1NC[C@H](c2cccc(Cl)c2)[C@@]12C(=O)Nc1cc(Cl)c(F)cc12. The molecule has 148 valence electrons. The molecule has 0 aliphatic carbocycles. The van der Waals surface area contributed by atoms with Gasteiger partial charge in [-0.15, -0.1) is 0 Å². The van der Waals surface area contributed by atoms with Gasteiger partial charge < -0.3 is 10.6 Å². The van der Waals surface area contributed by atoms with E-state index in [4.69, 9.17) is 23.2 Å². The fourth-order valence-electron chi connectivity index (χ4n) is 4.81. The van der Waals surface area contributed by atoms with Gasteiger partial charge in [0.15, 0.2) is 0 Å². The summed E-state index contributed by atoms with van der Waals surface area (Å²) in [6.07, 6.45) is 0.765. The summed E-state index contributed by atoms with van der Waals surface area (Å²) in [6, 6.07) is 10.4. The predicted octanol–water partition coefficient (Wildman–Crippen LogP) is 5.51. The van der Waals surface area contributed by atoms with Crippen molar-refractivity contribution in [2.75, 3.05) is 11.9 Å². The summed E-state index contributed by atoms with van der Waals surface area (Å²) in [5, 5.41) is 7.15. The Labute approximate surface area is 174 Å². The van der Waals surface area contributed by atoms with Crippen LogP contribution in [0.5, 0.6) is 0 Å². The fourth-order valence-corrected chi connectivity index (χ4v) is 5.17. The van der Waals surface area contributed by atoms with Gasteiger partial charge in [-0.25, -0.2) is 4.39 Å². The van der Waals surface area contributed by atoms with Crippen LogP contribution in [-0.2, 0) is 10.2 Å². The highest BCUT2D eigenvalue weighted by molar-refractivity contribution is 6.31. The van der Waals surface area contributed by atoms with Crippen molar-refractivity contribution in [2.24, 2.45) is 5.41 Å². The van der Waals surface area contributed by atoms with E-state index in [1.165, 1.54) is 12.1 Å². The Morgan fingerprint density at radius 3 is 2.64 bits per heavy atom. The number of anilines is 1. The van der Waals surface area contributed by atoms with Crippen LogP contribution >= 0.6 is 23.2 Å². The molecular formula is C22H23Cl2FN2O. The fraction of sp³-hybridized carbons (Fsp3) is 0.409. The molecule has 2 aliphatic heterocycles. The maximum Gasteiger partial charge on any atom is 0.237 e. The molecule has 2 aromatic carbocycles. The van der Waals surface area contributed by atoms with Crippen LogP contribution in [0.3, 0.4) is 0 Å². The molecule has 3 nitrogen and oxygen atoms in total. The summed E-state index contributed by atoms with van der Waals surface area (Å²) < 4.78 is 14.5. The normalized spacial score (nSPS) is 26.6. The van der Waals surface area contributed by atoms with E-state index in [0.29, 0.717) is 22.8 Å². The van der Waals surface area contributed by atoms with Crippen molar-refractivity contribution in [3.05, 3.63) is 63.4 Å². The predicted molar refractivity (Wildman–Crippen MR) is 112 cm³/mol. The second-order valence-electron chi connectivity index (χ2n) is 8.97. The summed E-state index contributed by atoms with van der Waals surface area (Å²) in [6.45, 7) is 7.04. The minimum Gasteiger partial charge on any atom is -0.325 e. The smallest absolute Gasteiger partial charge is 0.237 e. The molecule has 3 atom stereocenters. The molecule has 0 saturated carbocycles. The Morgan fingerprint density at radius 2 is 1.96 bits per heavy atom. The Bertz CT molecular complexity index is 956. The van der Waals surface area contributed by atoms with Crippen molar-refractivity contribution in [1.29, 1.82) is 0 Å². The van der Waals surface area contributed by atoms with E-state index >= 15 is 0 Å². The highest BCUT2D eigenvalue weighted by Gasteiger charge is 2.61. The quantitative estimate of drug-likeness (QED) is 0.671. The largest absolute Gasteiger partial charge is 0.325 e. The Balaban J connectivity index is 1.94. The molecule has 4 rings (SSSR count). The average molecular weight is 421 g/mol. The topological polar surface area (TPSA) is 41.1 Å². The van der Waals surface area contributed by atoms with E-state index in [0.717, 1.165) is 12.0 Å². The molecule has 0 aromatic heterocycles. The number of amides is 1. The van der Waals surface area contributed by atoms with Crippen molar-refractivity contribution >= 4 is 34.8 Å². The number of hydrogen-bond acceptors (Lipinski definition) is 2. The first-order valence-electron chi connectivity index (χ1n) is 9.43. The number of carbonyl (C=O) groups excluding carboxylic acids is 1. The Kier molecular flexibility index (Phi) is 4.72. The van der Waals surface area contributed by atoms with E-state index in [2.05, 4.69) is 31.4 Å². The third-order valence-corrected chi connectivity index (χ3v) is 6.39. The van der Waals surface area contributed by atoms with E-state index < -0.39 is 11.2 Å². The maximum absolute atomic E-state index is 14.5. The zero-order valence-corrected chi connectivity index (χ0v) is 17.6. The van der Waals surface area contributed by atoms with Crippen LogP contribution in [0.1, 0.15) is 44.2 Å². The Morgan fingerprint density at radius 1 is 1.21 bits per heavy atom. The van der Waals surface area contributed by atoms with Crippen LogP contribution in [0.2, 0.25) is 10.0 Å². The standard InChI is InChI=1S/C22H23Cl2FN2O/c1-21(2,3)10-19-22(15(11-26-19)12-5-4-6-13(23)7-12)14-8-17(25)16(24)9-18(14)27-20(22)28/h4-9,15,19,26H,10-11H2,1-3H3,(H,27,28)/t15-,19-,22-/m1/s1. The summed E-state index contributed by atoms with van der Waals surface area (Å²) >= 11 is 12.2. The van der Waals surface area contributed by atoms with Gasteiger partial charge in [-0.05, 0) is 47.2 Å². The van der Waals surface area contributed by atoms with Crippen LogP contribution in [0, 0.1) is 11.2 Å². The lowest BCUT2D eigenvalue weighted by atomic mass is 9.64. The molecule has 2 heterocycles. The summed E-state index contributed by atoms with van der Waals surface area (Å²) in [4.78, 5) is 13.5. The van der Waals surface area contributed by atoms with Crippen LogP contribution < -0.4 is 10.6 Å². The van der Waals surface area contributed by atoms with Crippen LogP contribution in [0.25, 0.3) is 0 Å². The summed E-state index contributed by atoms with van der Waals surface area (Å²) in [5.74, 6) is -0.795. The van der Waals surface area contributed by atoms with Crippen LogP contribution in [-0.4, -0.2) is 18.5 Å². The van der Waals surface area contributed by atoms with E-state index in [1.54, 1.807) is 0 Å². The molecule has 0 unspecified atom stereocenters. The molecule has 1 fully saturated rings. The molecule has 2 aromatic rings. The summed E-state index contributed by atoms with van der Waals surface area (Å²) in [7, 11) is 0. The first kappa shape index (κ1) is 19.7. The van der Waals surface area contributed by atoms with Gasteiger partial charge in [-0.1, -0.05) is 56.1 Å². The van der Waals surface area contributed by atoms with Crippen molar-refractivity contribution < 1.29 is 9.18 Å². The van der Waals surface area contributed by atoms with Crippen LogP contribution in [0.15, 0.2) is 36.4 Å². The van der Waals surface area contributed by atoms with Crippen molar-refractivity contribution in [2.45, 2.75) is 44.6 Å². The monoisotopic (exact) mass is 420 g/mol. The van der Waals surface area contributed by atoms with Gasteiger partial charge >= 0.3 is 0 Å². The molecule has 6 heteroatoms. The van der Waals surface area contributed by atoms with E-state index in [9.17, 15) is 9.18 Å². The number of rotatable bonds is 2. The molecule has 0 bridgehead atoms. The minimum absolute atomic E-state index is 0.00809. The van der Waals surface area contributed by atoms with Gasteiger partial charge in [0.25, 0.3) is 0 Å².